The first-order chi connectivity index (χ1) is 12.2. The van der Waals surface area contributed by atoms with Gasteiger partial charge in [-0.2, -0.15) is 0 Å². The Morgan fingerprint density at radius 2 is 1.80 bits per heavy atom. The van der Waals surface area contributed by atoms with Gasteiger partial charge in [-0.1, -0.05) is 36.4 Å². The molecule has 0 unspecified atom stereocenters. The van der Waals surface area contributed by atoms with Crippen LogP contribution in [0, 0.1) is 6.92 Å². The maximum atomic E-state index is 12.7. The quantitative estimate of drug-likeness (QED) is 0.736. The van der Waals surface area contributed by atoms with E-state index in [2.05, 4.69) is 18.3 Å². The van der Waals surface area contributed by atoms with Gasteiger partial charge in [0.1, 0.15) is 12.4 Å². The van der Waals surface area contributed by atoms with Gasteiger partial charge in [-0.05, 0) is 37.1 Å². The summed E-state index contributed by atoms with van der Waals surface area (Å²) >= 11 is 0. The molecule has 5 nitrogen and oxygen atoms in total. The molecule has 0 radical (unpaired) electrons. The van der Waals surface area contributed by atoms with Crippen molar-refractivity contribution in [3.8, 4) is 5.75 Å². The summed E-state index contributed by atoms with van der Waals surface area (Å²) in [5.41, 5.74) is 2.98. The normalized spacial score (nSPS) is 10.4. The first-order valence-corrected chi connectivity index (χ1v) is 8.47. The van der Waals surface area contributed by atoms with Crippen LogP contribution in [0.2, 0.25) is 0 Å². The number of anilines is 1. The standard InChI is InChI=1S/C20H26N2O3/c1-4-22(15-17-10-6-5-9-16(17)2)20(23)21-18-11-7-8-12-19(18)25-14-13-24-3/h5-12H,4,13-15H2,1-3H3,(H,21,23). The molecule has 0 saturated heterocycles. The third kappa shape index (κ3) is 5.50. The lowest BCUT2D eigenvalue weighted by atomic mass is 10.1. The molecule has 5 heteroatoms. The summed E-state index contributed by atoms with van der Waals surface area (Å²) in [4.78, 5) is 14.4. The van der Waals surface area contributed by atoms with E-state index in [1.165, 1.54) is 5.56 Å². The average molecular weight is 342 g/mol. The fraction of sp³-hybridized carbons (Fsp3) is 0.350. The number of hydrogen-bond donors (Lipinski definition) is 1. The van der Waals surface area contributed by atoms with E-state index >= 15 is 0 Å². The molecule has 1 N–H and O–H groups in total. The third-order valence-electron chi connectivity index (χ3n) is 3.97. The molecule has 2 rings (SSSR count). The van der Waals surface area contributed by atoms with E-state index in [1.807, 2.05) is 49.4 Å². The Labute approximate surface area is 149 Å². The fourth-order valence-corrected chi connectivity index (χ4v) is 2.45. The monoisotopic (exact) mass is 342 g/mol. The van der Waals surface area contributed by atoms with Crippen LogP contribution in [0.15, 0.2) is 48.5 Å². The van der Waals surface area contributed by atoms with E-state index in [0.717, 1.165) is 5.56 Å². The van der Waals surface area contributed by atoms with Gasteiger partial charge in [0.25, 0.3) is 0 Å². The first kappa shape index (κ1) is 18.8. The molecule has 0 spiro atoms. The smallest absolute Gasteiger partial charge is 0.322 e. The third-order valence-corrected chi connectivity index (χ3v) is 3.97. The van der Waals surface area contributed by atoms with E-state index in [-0.39, 0.29) is 6.03 Å². The number of hydrogen-bond acceptors (Lipinski definition) is 3. The molecule has 0 heterocycles. The topological polar surface area (TPSA) is 50.8 Å². The van der Waals surface area contributed by atoms with Crippen molar-refractivity contribution >= 4 is 11.7 Å². The highest BCUT2D eigenvalue weighted by Crippen LogP contribution is 2.24. The molecule has 2 aromatic carbocycles. The number of nitrogens with zero attached hydrogens (tertiary/aromatic N) is 1. The van der Waals surface area contributed by atoms with Crippen molar-refractivity contribution in [3.05, 3.63) is 59.7 Å². The summed E-state index contributed by atoms with van der Waals surface area (Å²) in [6.45, 7) is 6.15. The zero-order chi connectivity index (χ0) is 18.1. The molecule has 0 aliphatic rings. The largest absolute Gasteiger partial charge is 0.489 e. The van der Waals surface area contributed by atoms with Gasteiger partial charge in [-0.3, -0.25) is 0 Å². The van der Waals surface area contributed by atoms with Crippen molar-refractivity contribution in [2.75, 3.05) is 32.2 Å². The van der Waals surface area contributed by atoms with Gasteiger partial charge in [0.05, 0.1) is 12.3 Å². The number of para-hydroxylation sites is 2. The van der Waals surface area contributed by atoms with Crippen LogP contribution in [0.25, 0.3) is 0 Å². The Kier molecular flexibility index (Phi) is 7.29. The van der Waals surface area contributed by atoms with Crippen LogP contribution in [0.5, 0.6) is 5.75 Å². The Bertz CT molecular complexity index is 688. The number of methoxy groups -OCH3 is 1. The Hall–Kier alpha value is -2.53. The molecule has 2 aromatic rings. The number of urea groups is 1. The van der Waals surface area contributed by atoms with Crippen LogP contribution in [0.1, 0.15) is 18.1 Å². The van der Waals surface area contributed by atoms with Gasteiger partial charge >= 0.3 is 6.03 Å². The van der Waals surface area contributed by atoms with Crippen molar-refractivity contribution in [2.24, 2.45) is 0 Å². The van der Waals surface area contributed by atoms with Crippen LogP contribution in [-0.4, -0.2) is 37.8 Å². The van der Waals surface area contributed by atoms with Crippen LogP contribution < -0.4 is 10.1 Å². The zero-order valence-corrected chi connectivity index (χ0v) is 15.1. The molecular formula is C20H26N2O3. The average Bonchev–Trinajstić information content (AvgIpc) is 2.62. The number of aryl methyl sites for hydroxylation is 1. The van der Waals surface area contributed by atoms with E-state index in [9.17, 15) is 4.79 Å². The minimum absolute atomic E-state index is 0.145. The lowest BCUT2D eigenvalue weighted by Gasteiger charge is -2.23. The molecule has 0 bridgehead atoms. The van der Waals surface area contributed by atoms with Gasteiger partial charge in [0.2, 0.25) is 0 Å². The molecule has 0 aromatic heterocycles. The Morgan fingerprint density at radius 1 is 1.08 bits per heavy atom. The summed E-state index contributed by atoms with van der Waals surface area (Å²) < 4.78 is 10.7. The van der Waals surface area contributed by atoms with Crippen molar-refractivity contribution in [1.82, 2.24) is 4.90 Å². The van der Waals surface area contributed by atoms with Crippen molar-refractivity contribution in [1.29, 1.82) is 0 Å². The lowest BCUT2D eigenvalue weighted by Crippen LogP contribution is -2.34. The van der Waals surface area contributed by atoms with Gasteiger partial charge < -0.3 is 19.7 Å². The summed E-state index contributed by atoms with van der Waals surface area (Å²) in [5.74, 6) is 0.639. The highest BCUT2D eigenvalue weighted by Gasteiger charge is 2.15. The van der Waals surface area contributed by atoms with Gasteiger partial charge in [-0.15, -0.1) is 0 Å². The molecule has 134 valence electrons. The minimum Gasteiger partial charge on any atom is -0.489 e. The second-order valence-corrected chi connectivity index (χ2v) is 5.71. The van der Waals surface area contributed by atoms with Crippen LogP contribution >= 0.6 is 0 Å². The number of carbonyl (C=O) groups excluding carboxylic acids is 1. The van der Waals surface area contributed by atoms with Gasteiger partial charge in [0, 0.05) is 20.2 Å². The predicted octanol–water partition coefficient (Wildman–Crippen LogP) is 4.07. The van der Waals surface area contributed by atoms with Crippen molar-refractivity contribution < 1.29 is 14.3 Å². The lowest BCUT2D eigenvalue weighted by molar-refractivity contribution is 0.146. The fourth-order valence-electron chi connectivity index (χ4n) is 2.45. The molecule has 0 aliphatic carbocycles. The highest BCUT2D eigenvalue weighted by molar-refractivity contribution is 5.91. The van der Waals surface area contributed by atoms with Gasteiger partial charge in [0.15, 0.2) is 0 Å². The number of benzene rings is 2. The number of carbonyl (C=O) groups is 1. The number of rotatable bonds is 8. The second kappa shape index (κ2) is 9.69. The molecular weight excluding hydrogens is 316 g/mol. The molecule has 25 heavy (non-hydrogen) atoms. The molecule has 2 amide bonds. The maximum Gasteiger partial charge on any atom is 0.322 e. The number of nitrogens with one attached hydrogen (secondary N) is 1. The van der Waals surface area contributed by atoms with Crippen LogP contribution in [-0.2, 0) is 11.3 Å². The van der Waals surface area contributed by atoms with E-state index in [1.54, 1.807) is 12.0 Å². The maximum absolute atomic E-state index is 12.7. The van der Waals surface area contributed by atoms with E-state index in [4.69, 9.17) is 9.47 Å². The van der Waals surface area contributed by atoms with Crippen molar-refractivity contribution in [2.45, 2.75) is 20.4 Å². The van der Waals surface area contributed by atoms with Crippen LogP contribution in [0.4, 0.5) is 10.5 Å². The highest BCUT2D eigenvalue weighted by atomic mass is 16.5. The van der Waals surface area contributed by atoms with Crippen LogP contribution in [0.3, 0.4) is 0 Å². The Balaban J connectivity index is 2.05. The number of amides is 2. The minimum atomic E-state index is -0.145. The second-order valence-electron chi connectivity index (χ2n) is 5.71. The Morgan fingerprint density at radius 3 is 2.52 bits per heavy atom. The summed E-state index contributed by atoms with van der Waals surface area (Å²) in [6.07, 6.45) is 0. The van der Waals surface area contributed by atoms with Crippen molar-refractivity contribution in [3.63, 3.8) is 0 Å². The van der Waals surface area contributed by atoms with E-state index in [0.29, 0.717) is 37.7 Å². The van der Waals surface area contributed by atoms with Gasteiger partial charge in [-0.25, -0.2) is 4.79 Å². The first-order valence-electron chi connectivity index (χ1n) is 8.47. The molecule has 0 saturated carbocycles. The zero-order valence-electron chi connectivity index (χ0n) is 15.1. The molecule has 0 fully saturated rings. The summed E-state index contributed by atoms with van der Waals surface area (Å²) in [7, 11) is 1.63. The summed E-state index contributed by atoms with van der Waals surface area (Å²) in [6, 6.07) is 15.4. The SMILES string of the molecule is CCN(Cc1ccccc1C)C(=O)Nc1ccccc1OCCOC. The molecule has 0 atom stereocenters. The molecule has 0 aliphatic heterocycles. The predicted molar refractivity (Wildman–Crippen MR) is 100 cm³/mol. The van der Waals surface area contributed by atoms with E-state index < -0.39 is 0 Å². The summed E-state index contributed by atoms with van der Waals surface area (Å²) in [5, 5.41) is 2.95. The number of ether oxygens (including phenoxy) is 2.